The molecule has 19 heteroatoms. The Morgan fingerprint density at radius 3 is 2.15 bits per heavy atom. The summed E-state index contributed by atoms with van der Waals surface area (Å²) in [5.41, 5.74) is 8.67. The van der Waals surface area contributed by atoms with Crippen molar-refractivity contribution in [2.45, 2.75) is 50.0 Å². The minimum atomic E-state index is -5.43. The molecule has 2 fully saturated rings. The third-order valence-corrected chi connectivity index (χ3v) is 9.70. The van der Waals surface area contributed by atoms with Crippen LogP contribution in [-0.4, -0.2) is 92.9 Å². The lowest BCUT2D eigenvalue weighted by atomic mass is 9.81. The number of amides is 2. The van der Waals surface area contributed by atoms with Gasteiger partial charge in [0.1, 0.15) is 6.04 Å². The van der Waals surface area contributed by atoms with Gasteiger partial charge in [0.25, 0.3) is 0 Å². The van der Waals surface area contributed by atoms with Crippen molar-refractivity contribution < 1.29 is 41.8 Å². The summed E-state index contributed by atoms with van der Waals surface area (Å²) in [5.74, 6) is -15.7. The number of carboxylic acid groups (broad SMARTS) is 1. The van der Waals surface area contributed by atoms with Crippen molar-refractivity contribution in [3.63, 3.8) is 0 Å². The third-order valence-electron chi connectivity index (χ3n) is 9.70. The molecule has 4 aromatic rings. The first-order chi connectivity index (χ1) is 25.8. The Morgan fingerprint density at radius 1 is 0.927 bits per heavy atom. The van der Waals surface area contributed by atoms with Gasteiger partial charge in [0, 0.05) is 54.6 Å². The molecule has 2 aliphatic rings. The van der Waals surface area contributed by atoms with Gasteiger partial charge in [-0.05, 0) is 73.5 Å². The molecule has 0 bridgehead atoms. The molecule has 6 rings (SSSR count). The predicted octanol–water partition coefficient (Wildman–Crippen LogP) is 4.43. The monoisotopic (exact) mass is 789 g/mol. The van der Waals surface area contributed by atoms with Gasteiger partial charge in [-0.3, -0.25) is 14.7 Å². The van der Waals surface area contributed by atoms with E-state index in [0.717, 1.165) is 42.6 Å². The molecule has 1 saturated heterocycles. The van der Waals surface area contributed by atoms with Crippen LogP contribution in [0.1, 0.15) is 37.1 Å². The van der Waals surface area contributed by atoms with Crippen LogP contribution in [0, 0.1) is 11.8 Å². The molecular formula is C36H40ClF4N9O5. The molecule has 1 saturated carbocycles. The molecule has 1 aliphatic carbocycles. The Morgan fingerprint density at radius 2 is 1.55 bits per heavy atom. The number of ether oxygens (including phenoxy) is 1. The van der Waals surface area contributed by atoms with Gasteiger partial charge in [0.15, 0.2) is 5.82 Å². The van der Waals surface area contributed by atoms with Crippen LogP contribution in [0.2, 0.25) is 0 Å². The summed E-state index contributed by atoms with van der Waals surface area (Å²) in [6.45, 7) is 3.24. The number of carboxylic acids is 1. The van der Waals surface area contributed by atoms with Crippen molar-refractivity contribution in [1.82, 2.24) is 30.5 Å². The smallest absolute Gasteiger partial charge is 0.411 e. The Hall–Kier alpha value is -5.20. The number of halogens is 5. The first-order valence-corrected chi connectivity index (χ1v) is 17.4. The fourth-order valence-corrected chi connectivity index (χ4v) is 6.37. The number of aromatic amines is 1. The SMILES string of the molecule is Cl.NCC1CCC(C(=O)N[C@@H](Cc2ccc(-c3cnc(N4CCOCC4)nc3)cc2)C(=O)Nc2ccc(-c3n[nH]c(C(F)(F)C(F)(F)C(=O)O)n3)cc2)CC1. The second-order valence-corrected chi connectivity index (χ2v) is 13.3. The number of alkyl halides is 4. The number of anilines is 2. The summed E-state index contributed by atoms with van der Waals surface area (Å²) in [5, 5.41) is 19.5. The maximum absolute atomic E-state index is 14.2. The minimum absolute atomic E-state index is 0. The van der Waals surface area contributed by atoms with E-state index in [2.05, 4.69) is 35.6 Å². The van der Waals surface area contributed by atoms with Gasteiger partial charge >= 0.3 is 17.8 Å². The number of carbonyl (C=O) groups is 3. The number of benzene rings is 2. The van der Waals surface area contributed by atoms with Gasteiger partial charge in [-0.2, -0.15) is 22.7 Å². The fraction of sp³-hybridized carbons (Fsp3) is 0.417. The quantitative estimate of drug-likeness (QED) is 0.120. The zero-order chi connectivity index (χ0) is 38.5. The maximum Gasteiger partial charge on any atom is 0.411 e. The molecule has 0 radical (unpaired) electrons. The number of morpholine rings is 1. The van der Waals surface area contributed by atoms with Crippen molar-refractivity contribution in [2.24, 2.45) is 17.6 Å². The van der Waals surface area contributed by atoms with E-state index < -0.39 is 41.4 Å². The molecule has 2 aromatic heterocycles. The molecule has 1 aliphatic heterocycles. The van der Waals surface area contributed by atoms with Gasteiger partial charge in [-0.15, -0.1) is 12.4 Å². The Kier molecular flexibility index (Phi) is 13.0. The molecule has 55 heavy (non-hydrogen) atoms. The average molecular weight is 790 g/mol. The standard InChI is InChI=1S/C36H39F4N9O5.ClH/c37-35(38,36(39,40)33(52)53)32-46-29(47-48-32)24-9-11-27(12-10-24)44-31(51)28(45-30(50)25-7-3-22(18-41)4-8-25)17-21-1-5-23(6-2-21)26-19-42-34(43-20-26)49-13-15-54-16-14-49;/h1-2,5-6,9-12,19-20,22,25,28H,3-4,7-8,13-18,41H2,(H,44,51)(H,45,50)(H,52,53)(H,46,47,48);1H/t22?,25?,28-;/m0./s1. The number of nitrogens with one attached hydrogen (secondary N) is 3. The molecular weight excluding hydrogens is 750 g/mol. The first-order valence-electron chi connectivity index (χ1n) is 17.4. The van der Waals surface area contributed by atoms with Crippen LogP contribution in [0.25, 0.3) is 22.5 Å². The lowest BCUT2D eigenvalue weighted by Crippen LogP contribution is -2.48. The second-order valence-electron chi connectivity index (χ2n) is 13.3. The number of carbonyl (C=O) groups excluding carboxylic acids is 2. The largest absolute Gasteiger partial charge is 0.477 e. The summed E-state index contributed by atoms with van der Waals surface area (Å²) < 4.78 is 61.1. The topological polar surface area (TPSA) is 201 Å². The van der Waals surface area contributed by atoms with Gasteiger partial charge in [0.2, 0.25) is 23.6 Å². The molecule has 2 aromatic carbocycles. The third kappa shape index (κ3) is 9.37. The maximum atomic E-state index is 14.2. The number of hydrogen-bond donors (Lipinski definition) is 5. The Bertz CT molecular complexity index is 1920. The lowest BCUT2D eigenvalue weighted by molar-refractivity contribution is -0.231. The van der Waals surface area contributed by atoms with Crippen molar-refractivity contribution in [3.8, 4) is 22.5 Å². The highest BCUT2D eigenvalue weighted by Gasteiger charge is 2.65. The van der Waals surface area contributed by atoms with E-state index >= 15 is 0 Å². The number of rotatable bonds is 13. The lowest BCUT2D eigenvalue weighted by Gasteiger charge is -2.28. The van der Waals surface area contributed by atoms with Crippen LogP contribution in [-0.2, 0) is 31.5 Å². The normalized spacial score (nSPS) is 18.2. The molecule has 1 atom stereocenters. The van der Waals surface area contributed by atoms with Crippen molar-refractivity contribution >= 4 is 41.8 Å². The summed E-state index contributed by atoms with van der Waals surface area (Å²) in [6, 6.07) is 12.1. The van der Waals surface area contributed by atoms with Crippen LogP contribution in [0.3, 0.4) is 0 Å². The summed E-state index contributed by atoms with van der Waals surface area (Å²) >= 11 is 0. The van der Waals surface area contributed by atoms with Crippen LogP contribution < -0.4 is 21.3 Å². The summed E-state index contributed by atoms with van der Waals surface area (Å²) in [7, 11) is 0. The first kappa shape index (κ1) is 41.0. The highest BCUT2D eigenvalue weighted by atomic mass is 35.5. The number of H-pyrrole nitrogens is 1. The van der Waals surface area contributed by atoms with E-state index in [-0.39, 0.29) is 41.9 Å². The molecule has 0 spiro atoms. The Labute approximate surface area is 319 Å². The molecule has 0 unspecified atom stereocenters. The fourth-order valence-electron chi connectivity index (χ4n) is 6.37. The highest BCUT2D eigenvalue weighted by Crippen LogP contribution is 2.42. The van der Waals surface area contributed by atoms with E-state index in [9.17, 15) is 31.9 Å². The number of aliphatic carboxylic acids is 1. The highest BCUT2D eigenvalue weighted by molar-refractivity contribution is 5.97. The zero-order valence-electron chi connectivity index (χ0n) is 29.4. The average Bonchev–Trinajstić information content (AvgIpc) is 3.70. The van der Waals surface area contributed by atoms with E-state index in [0.29, 0.717) is 44.5 Å². The number of nitrogens with two attached hydrogens (primary N) is 1. The molecule has 3 heterocycles. The van der Waals surface area contributed by atoms with Gasteiger partial charge < -0.3 is 31.1 Å². The Balaban J connectivity index is 0.00000580. The molecule has 2 amide bonds. The van der Waals surface area contributed by atoms with E-state index in [1.165, 1.54) is 24.3 Å². The van der Waals surface area contributed by atoms with Crippen LogP contribution >= 0.6 is 12.4 Å². The van der Waals surface area contributed by atoms with E-state index in [1.807, 2.05) is 24.3 Å². The minimum Gasteiger partial charge on any atom is -0.477 e. The number of aromatic nitrogens is 5. The zero-order valence-corrected chi connectivity index (χ0v) is 30.2. The van der Waals surface area contributed by atoms with Gasteiger partial charge in [-0.25, -0.2) is 19.7 Å². The number of hydrogen-bond acceptors (Lipinski definition) is 10. The summed E-state index contributed by atoms with van der Waals surface area (Å²) in [4.78, 5) is 52.3. The summed E-state index contributed by atoms with van der Waals surface area (Å²) in [6.07, 6.45) is 6.63. The molecule has 294 valence electrons. The second kappa shape index (κ2) is 17.5. The van der Waals surface area contributed by atoms with Crippen molar-refractivity contribution in [1.29, 1.82) is 0 Å². The van der Waals surface area contributed by atoms with Crippen LogP contribution in [0.15, 0.2) is 60.9 Å². The van der Waals surface area contributed by atoms with Crippen LogP contribution in [0.5, 0.6) is 0 Å². The van der Waals surface area contributed by atoms with Crippen LogP contribution in [0.4, 0.5) is 29.2 Å². The predicted molar refractivity (Wildman–Crippen MR) is 195 cm³/mol. The van der Waals surface area contributed by atoms with E-state index in [1.54, 1.807) is 17.5 Å². The number of nitrogens with zero attached hydrogens (tertiary/aromatic N) is 5. The van der Waals surface area contributed by atoms with Crippen molar-refractivity contribution in [3.05, 3.63) is 72.3 Å². The van der Waals surface area contributed by atoms with Gasteiger partial charge in [0.05, 0.1) is 13.2 Å². The van der Waals surface area contributed by atoms with Crippen molar-refractivity contribution in [2.75, 3.05) is 43.1 Å². The van der Waals surface area contributed by atoms with Gasteiger partial charge in [-0.1, -0.05) is 24.3 Å². The molecule has 6 N–H and O–H groups in total. The molecule has 14 nitrogen and oxygen atoms in total. The van der Waals surface area contributed by atoms with E-state index in [4.69, 9.17) is 15.6 Å².